The van der Waals surface area contributed by atoms with Crippen molar-refractivity contribution in [1.29, 1.82) is 0 Å². The van der Waals surface area contributed by atoms with E-state index in [-0.39, 0.29) is 0 Å². The van der Waals surface area contributed by atoms with E-state index in [1.807, 2.05) is 97.3 Å². The van der Waals surface area contributed by atoms with Crippen LogP contribution in [-0.4, -0.2) is 29.9 Å². The van der Waals surface area contributed by atoms with Gasteiger partial charge in [-0.05, 0) is 34.7 Å². The molecular weight excluding hydrogens is 589 g/mol. The fraction of sp³-hybridized carbons (Fsp3) is 0. The first-order valence-electron chi connectivity index (χ1n) is 15.8. The zero-order valence-electron chi connectivity index (χ0n) is 25.7. The minimum absolute atomic E-state index is 0.619. The molecule has 6 aromatic carbocycles. The first-order chi connectivity index (χ1) is 23.8. The third-order valence-corrected chi connectivity index (χ3v) is 8.59. The van der Waals surface area contributed by atoms with E-state index in [9.17, 15) is 0 Å². The summed E-state index contributed by atoms with van der Waals surface area (Å²) < 4.78 is 0. The highest BCUT2D eigenvalue weighted by Crippen LogP contribution is 2.34. The summed E-state index contributed by atoms with van der Waals surface area (Å²) in [5.74, 6) is 1.89. The van der Waals surface area contributed by atoms with Crippen molar-refractivity contribution in [2.75, 3.05) is 0 Å². The average molecular weight is 615 g/mol. The van der Waals surface area contributed by atoms with Crippen molar-refractivity contribution < 1.29 is 0 Å². The molecule has 3 heterocycles. The number of fused-ring (bicyclic) bond motifs is 6. The van der Waals surface area contributed by atoms with Gasteiger partial charge in [-0.2, -0.15) is 0 Å². The molecule has 3 aromatic heterocycles. The van der Waals surface area contributed by atoms with Crippen LogP contribution in [-0.2, 0) is 0 Å². The Morgan fingerprint density at radius 1 is 0.312 bits per heavy atom. The minimum Gasteiger partial charge on any atom is -0.254 e. The number of aromatic nitrogens is 6. The minimum atomic E-state index is 0.619. The first kappa shape index (κ1) is 27.6. The van der Waals surface area contributed by atoms with Gasteiger partial charge in [0.2, 0.25) is 0 Å². The monoisotopic (exact) mass is 614 g/mol. The SMILES string of the molecule is c1ccc(-c2nc(-c3ccccc3)nc(-c3cccc(-c4cccc(-c5cnc6c7ncccc7c7ccccc7c6n5)c4)c3)n2)cc1. The normalized spacial score (nSPS) is 11.3. The Balaban J connectivity index is 1.14. The summed E-state index contributed by atoms with van der Waals surface area (Å²) in [7, 11) is 0. The molecule has 0 aliphatic heterocycles. The molecule has 9 aromatic rings. The summed E-state index contributed by atoms with van der Waals surface area (Å²) in [6.45, 7) is 0. The third-order valence-electron chi connectivity index (χ3n) is 8.59. The Morgan fingerprint density at radius 3 is 1.50 bits per heavy atom. The van der Waals surface area contributed by atoms with Gasteiger partial charge in [-0.25, -0.2) is 19.9 Å². The van der Waals surface area contributed by atoms with Crippen LogP contribution in [0.1, 0.15) is 0 Å². The van der Waals surface area contributed by atoms with Crippen LogP contribution in [0.3, 0.4) is 0 Å². The molecule has 6 nitrogen and oxygen atoms in total. The lowest BCUT2D eigenvalue weighted by atomic mass is 9.99. The molecule has 0 bridgehead atoms. The zero-order valence-corrected chi connectivity index (χ0v) is 25.7. The summed E-state index contributed by atoms with van der Waals surface area (Å²) in [5.41, 5.74) is 9.19. The number of benzene rings is 6. The number of hydrogen-bond donors (Lipinski definition) is 0. The van der Waals surface area contributed by atoms with E-state index in [4.69, 9.17) is 24.9 Å². The summed E-state index contributed by atoms with van der Waals surface area (Å²) >= 11 is 0. The van der Waals surface area contributed by atoms with Gasteiger partial charge >= 0.3 is 0 Å². The molecule has 48 heavy (non-hydrogen) atoms. The highest BCUT2D eigenvalue weighted by atomic mass is 15.0. The fourth-order valence-electron chi connectivity index (χ4n) is 6.26. The van der Waals surface area contributed by atoms with Crippen LogP contribution in [0.4, 0.5) is 0 Å². The second kappa shape index (κ2) is 11.6. The number of hydrogen-bond acceptors (Lipinski definition) is 6. The van der Waals surface area contributed by atoms with Crippen molar-refractivity contribution >= 4 is 32.7 Å². The highest BCUT2D eigenvalue weighted by Gasteiger charge is 2.15. The molecule has 0 amide bonds. The van der Waals surface area contributed by atoms with Gasteiger partial charge in [0, 0.05) is 39.2 Å². The van der Waals surface area contributed by atoms with Gasteiger partial charge < -0.3 is 0 Å². The molecular formula is C42H26N6. The lowest BCUT2D eigenvalue weighted by Gasteiger charge is -2.11. The van der Waals surface area contributed by atoms with Gasteiger partial charge in [0.1, 0.15) is 5.52 Å². The van der Waals surface area contributed by atoms with Crippen LogP contribution >= 0.6 is 0 Å². The maximum atomic E-state index is 5.17. The molecule has 0 aliphatic carbocycles. The van der Waals surface area contributed by atoms with E-state index in [1.54, 1.807) is 0 Å². The predicted molar refractivity (Wildman–Crippen MR) is 193 cm³/mol. The van der Waals surface area contributed by atoms with E-state index in [1.165, 1.54) is 0 Å². The zero-order chi connectivity index (χ0) is 31.9. The molecule has 0 radical (unpaired) electrons. The second-order valence-corrected chi connectivity index (χ2v) is 11.6. The molecule has 6 heteroatoms. The second-order valence-electron chi connectivity index (χ2n) is 11.6. The van der Waals surface area contributed by atoms with Gasteiger partial charge in [0.15, 0.2) is 17.5 Å². The maximum Gasteiger partial charge on any atom is 0.164 e. The molecule has 0 saturated carbocycles. The smallest absolute Gasteiger partial charge is 0.164 e. The van der Waals surface area contributed by atoms with Crippen LogP contribution < -0.4 is 0 Å². The van der Waals surface area contributed by atoms with Crippen molar-refractivity contribution in [2.24, 2.45) is 0 Å². The lowest BCUT2D eigenvalue weighted by molar-refractivity contribution is 1.07. The lowest BCUT2D eigenvalue weighted by Crippen LogP contribution is -2.00. The largest absolute Gasteiger partial charge is 0.254 e. The molecule has 224 valence electrons. The van der Waals surface area contributed by atoms with Crippen LogP contribution in [0.15, 0.2) is 158 Å². The quantitative estimate of drug-likeness (QED) is 0.180. The number of pyridine rings is 1. The van der Waals surface area contributed by atoms with Crippen molar-refractivity contribution in [3.05, 3.63) is 158 Å². The molecule has 0 fully saturated rings. The summed E-state index contributed by atoms with van der Waals surface area (Å²) in [6, 6.07) is 49.2. The molecule has 0 atom stereocenters. The summed E-state index contributed by atoms with van der Waals surface area (Å²) in [5, 5.41) is 3.26. The van der Waals surface area contributed by atoms with Crippen molar-refractivity contribution in [3.63, 3.8) is 0 Å². The van der Waals surface area contributed by atoms with E-state index in [2.05, 4.69) is 65.6 Å². The van der Waals surface area contributed by atoms with Crippen LogP contribution in [0.25, 0.3) is 89.3 Å². The van der Waals surface area contributed by atoms with Gasteiger partial charge in [0.05, 0.1) is 22.9 Å². The van der Waals surface area contributed by atoms with Gasteiger partial charge in [-0.1, -0.05) is 127 Å². The Kier molecular flexibility index (Phi) is 6.68. The van der Waals surface area contributed by atoms with Gasteiger partial charge in [-0.15, -0.1) is 0 Å². The Morgan fingerprint density at radius 2 is 0.812 bits per heavy atom. The Labute approximate surface area is 276 Å². The Bertz CT molecular complexity index is 2530. The van der Waals surface area contributed by atoms with E-state index >= 15 is 0 Å². The Hall–Kier alpha value is -6.66. The van der Waals surface area contributed by atoms with Crippen LogP contribution in [0, 0.1) is 0 Å². The molecule has 0 N–H and O–H groups in total. The van der Waals surface area contributed by atoms with Crippen LogP contribution in [0.5, 0.6) is 0 Å². The van der Waals surface area contributed by atoms with E-state index in [0.717, 1.165) is 71.8 Å². The van der Waals surface area contributed by atoms with Crippen molar-refractivity contribution in [3.8, 4) is 56.5 Å². The van der Waals surface area contributed by atoms with Crippen molar-refractivity contribution in [2.45, 2.75) is 0 Å². The fourth-order valence-corrected chi connectivity index (χ4v) is 6.26. The standard InChI is InChI=1S/C42H26N6/c1-3-12-27(13-4-1)40-46-41(28-14-5-2-6-15-28)48-42(47-40)32-19-10-17-30(25-32)29-16-9-18-31(24-29)36-26-44-39-37-34(22-11-23-43-37)33-20-7-8-21-35(33)38(39)45-36/h1-26H. The molecule has 0 spiro atoms. The van der Waals surface area contributed by atoms with E-state index in [0.29, 0.717) is 17.5 Å². The first-order valence-corrected chi connectivity index (χ1v) is 15.8. The number of nitrogens with zero attached hydrogens (tertiary/aromatic N) is 6. The summed E-state index contributed by atoms with van der Waals surface area (Å²) in [6.07, 6.45) is 3.66. The van der Waals surface area contributed by atoms with E-state index < -0.39 is 0 Å². The molecule has 9 rings (SSSR count). The van der Waals surface area contributed by atoms with Gasteiger partial charge in [-0.3, -0.25) is 9.97 Å². The third kappa shape index (κ3) is 4.93. The predicted octanol–water partition coefficient (Wildman–Crippen LogP) is 9.85. The molecule has 0 saturated heterocycles. The number of rotatable bonds is 5. The molecule has 0 aliphatic rings. The maximum absolute atomic E-state index is 5.17. The molecule has 0 unspecified atom stereocenters. The average Bonchev–Trinajstić information content (AvgIpc) is 3.18. The summed E-state index contributed by atoms with van der Waals surface area (Å²) in [4.78, 5) is 29.5. The van der Waals surface area contributed by atoms with Gasteiger partial charge in [0.25, 0.3) is 0 Å². The van der Waals surface area contributed by atoms with Crippen LogP contribution in [0.2, 0.25) is 0 Å². The topological polar surface area (TPSA) is 77.3 Å². The van der Waals surface area contributed by atoms with Crippen molar-refractivity contribution in [1.82, 2.24) is 29.9 Å². The highest BCUT2D eigenvalue weighted by molar-refractivity contribution is 6.21.